The van der Waals surface area contributed by atoms with Crippen LogP contribution in [0.3, 0.4) is 0 Å². The molecule has 1 spiro atoms. The zero-order valence-electron chi connectivity index (χ0n) is 19.2. The number of para-hydroxylation sites is 1. The van der Waals surface area contributed by atoms with Crippen molar-refractivity contribution in [3.05, 3.63) is 104 Å². The lowest BCUT2D eigenvalue weighted by atomic mass is 9.77. The minimum atomic E-state index is -1.35. The van der Waals surface area contributed by atoms with Gasteiger partial charge in [-0.3, -0.25) is 19.8 Å². The van der Waals surface area contributed by atoms with Gasteiger partial charge in [0.2, 0.25) is 0 Å². The van der Waals surface area contributed by atoms with E-state index in [0.717, 1.165) is 24.0 Å². The fourth-order valence-corrected chi connectivity index (χ4v) is 6.82. The SMILES string of the molecule is O=C1Nc2ccccc2[C@]12[C@H]([N+](=O)[O-])[C@@H](c1ccc(OCc3ccccc3Cl)c(Cl)c1)[C@@H]1CCCN12. The van der Waals surface area contributed by atoms with Gasteiger partial charge in [-0.05, 0) is 42.7 Å². The highest BCUT2D eigenvalue weighted by Crippen LogP contribution is 2.58. The minimum Gasteiger partial charge on any atom is -0.487 e. The van der Waals surface area contributed by atoms with Gasteiger partial charge in [0.1, 0.15) is 12.4 Å². The number of halogens is 2. The number of carbonyl (C=O) groups is 1. The summed E-state index contributed by atoms with van der Waals surface area (Å²) in [7, 11) is 0. The summed E-state index contributed by atoms with van der Waals surface area (Å²) in [4.78, 5) is 28.0. The average Bonchev–Trinajstić information content (AvgIpc) is 3.52. The first-order valence-corrected chi connectivity index (χ1v) is 12.7. The Labute approximate surface area is 218 Å². The molecule has 6 rings (SSSR count). The first kappa shape index (κ1) is 23.3. The van der Waals surface area contributed by atoms with Crippen molar-refractivity contribution >= 4 is 34.8 Å². The van der Waals surface area contributed by atoms with Crippen LogP contribution in [0.15, 0.2) is 66.7 Å². The molecule has 3 heterocycles. The number of nitro groups is 1. The lowest BCUT2D eigenvalue weighted by Gasteiger charge is -2.32. The number of amides is 1. The van der Waals surface area contributed by atoms with Crippen LogP contribution in [0.4, 0.5) is 5.69 Å². The molecule has 0 bridgehead atoms. The number of hydrogen-bond acceptors (Lipinski definition) is 5. The van der Waals surface area contributed by atoms with Gasteiger partial charge >= 0.3 is 0 Å². The molecular formula is C27H23Cl2N3O4. The number of rotatable bonds is 5. The van der Waals surface area contributed by atoms with Crippen LogP contribution in [0, 0.1) is 10.1 Å². The summed E-state index contributed by atoms with van der Waals surface area (Å²) in [6.45, 7) is 0.871. The number of nitrogens with zero attached hydrogens (tertiary/aromatic N) is 2. The smallest absolute Gasteiger partial charge is 0.256 e. The van der Waals surface area contributed by atoms with E-state index >= 15 is 0 Å². The highest BCUT2D eigenvalue weighted by molar-refractivity contribution is 6.32. The molecular weight excluding hydrogens is 501 g/mol. The quantitative estimate of drug-likeness (QED) is 0.346. The maximum Gasteiger partial charge on any atom is 0.256 e. The lowest BCUT2D eigenvalue weighted by Crippen LogP contribution is -2.55. The summed E-state index contributed by atoms with van der Waals surface area (Å²) in [5.41, 5.74) is 1.53. The average molecular weight is 524 g/mol. The number of fused-ring (bicyclic) bond motifs is 4. The Kier molecular flexibility index (Phi) is 5.67. The van der Waals surface area contributed by atoms with E-state index in [1.54, 1.807) is 24.3 Å². The van der Waals surface area contributed by atoms with Gasteiger partial charge < -0.3 is 10.1 Å². The molecule has 0 radical (unpaired) electrons. The van der Waals surface area contributed by atoms with E-state index in [0.29, 0.717) is 33.6 Å². The highest BCUT2D eigenvalue weighted by Gasteiger charge is 2.73. The Morgan fingerprint density at radius 2 is 1.86 bits per heavy atom. The molecule has 0 saturated carbocycles. The molecule has 0 aromatic heterocycles. The van der Waals surface area contributed by atoms with E-state index < -0.39 is 17.5 Å². The van der Waals surface area contributed by atoms with Crippen molar-refractivity contribution in [1.82, 2.24) is 4.90 Å². The topological polar surface area (TPSA) is 84.7 Å². The maximum absolute atomic E-state index is 13.5. The van der Waals surface area contributed by atoms with Crippen LogP contribution < -0.4 is 10.1 Å². The molecule has 36 heavy (non-hydrogen) atoms. The fourth-order valence-electron chi connectivity index (χ4n) is 6.39. The van der Waals surface area contributed by atoms with Gasteiger partial charge in [-0.25, -0.2) is 0 Å². The van der Waals surface area contributed by atoms with Crippen molar-refractivity contribution in [1.29, 1.82) is 0 Å². The zero-order chi connectivity index (χ0) is 25.0. The molecule has 9 heteroatoms. The molecule has 2 saturated heterocycles. The molecule has 1 N–H and O–H groups in total. The van der Waals surface area contributed by atoms with Crippen LogP contribution in [0.1, 0.15) is 35.4 Å². The van der Waals surface area contributed by atoms with E-state index in [1.807, 2.05) is 42.5 Å². The number of carbonyl (C=O) groups excluding carboxylic acids is 1. The minimum absolute atomic E-state index is 0.150. The number of anilines is 1. The van der Waals surface area contributed by atoms with Gasteiger partial charge in [0.25, 0.3) is 11.9 Å². The summed E-state index contributed by atoms with van der Waals surface area (Å²) < 4.78 is 5.91. The highest BCUT2D eigenvalue weighted by atomic mass is 35.5. The third-order valence-corrected chi connectivity index (χ3v) is 8.44. The molecule has 0 aliphatic carbocycles. The molecule has 3 aliphatic rings. The molecule has 2 fully saturated rings. The molecule has 3 aromatic carbocycles. The first-order valence-electron chi connectivity index (χ1n) is 11.9. The summed E-state index contributed by atoms with van der Waals surface area (Å²) in [5.74, 6) is -0.363. The van der Waals surface area contributed by atoms with E-state index in [2.05, 4.69) is 10.2 Å². The Balaban J connectivity index is 1.38. The van der Waals surface area contributed by atoms with Crippen molar-refractivity contribution in [2.75, 3.05) is 11.9 Å². The summed E-state index contributed by atoms with van der Waals surface area (Å²) >= 11 is 12.9. The lowest BCUT2D eigenvalue weighted by molar-refractivity contribution is -0.534. The summed E-state index contributed by atoms with van der Waals surface area (Å²) in [6, 6.07) is 18.7. The van der Waals surface area contributed by atoms with E-state index in [-0.39, 0.29) is 23.5 Å². The second-order valence-electron chi connectivity index (χ2n) is 9.49. The Morgan fingerprint density at radius 1 is 1.08 bits per heavy atom. The molecule has 4 atom stereocenters. The Hall–Kier alpha value is -3.13. The Morgan fingerprint density at radius 3 is 2.64 bits per heavy atom. The third-order valence-electron chi connectivity index (χ3n) is 7.78. The predicted octanol–water partition coefficient (Wildman–Crippen LogP) is 5.63. The van der Waals surface area contributed by atoms with Crippen molar-refractivity contribution in [3.63, 3.8) is 0 Å². The van der Waals surface area contributed by atoms with Gasteiger partial charge in [0, 0.05) is 39.3 Å². The van der Waals surface area contributed by atoms with Crippen molar-refractivity contribution in [3.8, 4) is 5.75 Å². The predicted molar refractivity (Wildman–Crippen MR) is 137 cm³/mol. The first-order chi connectivity index (χ1) is 17.4. The fraction of sp³-hybridized carbons (Fsp3) is 0.296. The number of nitrogens with one attached hydrogen (secondary N) is 1. The Bertz CT molecular complexity index is 1380. The number of benzene rings is 3. The van der Waals surface area contributed by atoms with Crippen molar-refractivity contribution in [2.24, 2.45) is 0 Å². The molecule has 3 aliphatic heterocycles. The van der Waals surface area contributed by atoms with Crippen LogP contribution in [0.25, 0.3) is 0 Å². The van der Waals surface area contributed by atoms with Crippen LogP contribution in [0.2, 0.25) is 10.0 Å². The molecule has 184 valence electrons. The van der Waals surface area contributed by atoms with Crippen LogP contribution >= 0.6 is 23.2 Å². The molecule has 7 nitrogen and oxygen atoms in total. The number of ether oxygens (including phenoxy) is 1. The second-order valence-corrected chi connectivity index (χ2v) is 10.3. The molecule has 0 unspecified atom stereocenters. The normalized spacial score (nSPS) is 26.6. The maximum atomic E-state index is 13.5. The third kappa shape index (κ3) is 3.34. The largest absolute Gasteiger partial charge is 0.487 e. The van der Waals surface area contributed by atoms with E-state index in [1.165, 1.54) is 0 Å². The van der Waals surface area contributed by atoms with Gasteiger partial charge in [-0.15, -0.1) is 0 Å². The second kappa shape index (κ2) is 8.76. The molecule has 1 amide bonds. The van der Waals surface area contributed by atoms with Gasteiger partial charge in [-0.2, -0.15) is 0 Å². The summed E-state index contributed by atoms with van der Waals surface area (Å²) in [5, 5.41) is 16.6. The van der Waals surface area contributed by atoms with Gasteiger partial charge in [-0.1, -0.05) is 65.7 Å². The number of hydrogen-bond donors (Lipinski definition) is 1. The van der Waals surface area contributed by atoms with Crippen LogP contribution in [-0.2, 0) is 16.9 Å². The van der Waals surface area contributed by atoms with Gasteiger partial charge in [0.15, 0.2) is 5.54 Å². The zero-order valence-corrected chi connectivity index (χ0v) is 20.7. The monoisotopic (exact) mass is 523 g/mol. The van der Waals surface area contributed by atoms with E-state index in [4.69, 9.17) is 27.9 Å². The van der Waals surface area contributed by atoms with Crippen LogP contribution in [0.5, 0.6) is 5.75 Å². The van der Waals surface area contributed by atoms with Gasteiger partial charge in [0.05, 0.1) is 10.9 Å². The van der Waals surface area contributed by atoms with Crippen LogP contribution in [-0.4, -0.2) is 34.4 Å². The standard InChI is InChI=1S/C27H23Cl2N3O4/c28-19-8-3-1-6-17(19)15-36-23-12-11-16(14-20(23)29)24-22-10-5-13-31(22)27(25(24)32(34)35)18-7-2-4-9-21(18)30-26(27)33/h1-4,6-9,11-12,14,22,24-25H,5,10,13,15H2,(H,30,33)/t22-,24-,25+,27-/m0/s1. The van der Waals surface area contributed by atoms with Crippen molar-refractivity contribution < 1.29 is 14.5 Å². The summed E-state index contributed by atoms with van der Waals surface area (Å²) in [6.07, 6.45) is 1.64. The van der Waals surface area contributed by atoms with Crippen molar-refractivity contribution in [2.45, 2.75) is 43.0 Å². The molecule has 3 aromatic rings. The van der Waals surface area contributed by atoms with E-state index in [9.17, 15) is 14.9 Å².